The van der Waals surface area contributed by atoms with Gasteiger partial charge in [0.2, 0.25) is 11.8 Å². The molecule has 0 saturated carbocycles. The lowest BCUT2D eigenvalue weighted by atomic mass is 10.1. The molecule has 0 radical (unpaired) electrons. The number of hydrogen-bond acceptors (Lipinski definition) is 6. The van der Waals surface area contributed by atoms with Gasteiger partial charge in [0.05, 0.1) is 12.7 Å². The summed E-state index contributed by atoms with van der Waals surface area (Å²) in [4.78, 5) is 23.7. The molecule has 1 N–H and O–H groups in total. The van der Waals surface area contributed by atoms with E-state index in [0.717, 1.165) is 4.47 Å². The zero-order valence-electron chi connectivity index (χ0n) is 12.1. The summed E-state index contributed by atoms with van der Waals surface area (Å²) in [6, 6.07) is 8.76. The second kappa shape index (κ2) is 7.56. The molecule has 1 aromatic heterocycles. The molecule has 1 amide bonds. The van der Waals surface area contributed by atoms with Crippen molar-refractivity contribution in [2.24, 2.45) is 0 Å². The van der Waals surface area contributed by atoms with Crippen LogP contribution in [0.15, 0.2) is 33.3 Å². The maximum Gasteiger partial charge on any atom is 0.346 e. The molecule has 118 valence electrons. The van der Waals surface area contributed by atoms with Crippen LogP contribution in [-0.4, -0.2) is 23.6 Å². The number of nitriles is 1. The number of amides is 1. The van der Waals surface area contributed by atoms with E-state index in [-0.39, 0.29) is 30.2 Å². The van der Waals surface area contributed by atoms with Crippen LogP contribution in [0.1, 0.15) is 23.7 Å². The molecule has 0 bridgehead atoms. The summed E-state index contributed by atoms with van der Waals surface area (Å²) in [5.41, 5.74) is 0.893. The Labute approximate surface area is 140 Å². The quantitative estimate of drug-likeness (QED) is 0.802. The summed E-state index contributed by atoms with van der Waals surface area (Å²) in [7, 11) is 0. The first-order valence-electron chi connectivity index (χ1n) is 6.66. The Hall–Kier alpha value is -2.66. The van der Waals surface area contributed by atoms with Crippen LogP contribution in [0.2, 0.25) is 0 Å². The molecule has 0 fully saturated rings. The lowest BCUT2D eigenvalue weighted by Gasteiger charge is -2.04. The highest BCUT2D eigenvalue weighted by Crippen LogP contribution is 2.30. The molecule has 2 aromatic rings. The van der Waals surface area contributed by atoms with E-state index in [0.29, 0.717) is 5.56 Å². The van der Waals surface area contributed by atoms with Crippen molar-refractivity contribution in [2.45, 2.75) is 13.3 Å². The molecule has 0 spiro atoms. The molecule has 0 unspecified atom stereocenters. The topological polar surface area (TPSA) is 105 Å². The first-order valence-corrected chi connectivity index (χ1v) is 7.45. The highest BCUT2D eigenvalue weighted by atomic mass is 79.9. The number of nitrogens with one attached hydrogen (secondary N) is 1. The van der Waals surface area contributed by atoms with Gasteiger partial charge in [0.1, 0.15) is 12.1 Å². The third kappa shape index (κ3) is 3.96. The van der Waals surface area contributed by atoms with Gasteiger partial charge in [-0.2, -0.15) is 5.26 Å². The van der Waals surface area contributed by atoms with Crippen molar-refractivity contribution < 1.29 is 18.8 Å². The van der Waals surface area contributed by atoms with E-state index in [1.165, 1.54) is 0 Å². The minimum Gasteiger partial charge on any atom is -0.462 e. The Kier molecular flexibility index (Phi) is 5.49. The Morgan fingerprint density at radius 3 is 2.70 bits per heavy atom. The van der Waals surface area contributed by atoms with Crippen LogP contribution >= 0.6 is 15.9 Å². The lowest BCUT2D eigenvalue weighted by Crippen LogP contribution is -2.14. The van der Waals surface area contributed by atoms with Gasteiger partial charge in [-0.3, -0.25) is 10.1 Å². The smallest absolute Gasteiger partial charge is 0.346 e. The first-order chi connectivity index (χ1) is 11.1. The number of carbonyl (C=O) groups excluding carboxylic acids is 2. The van der Waals surface area contributed by atoms with Crippen molar-refractivity contribution in [2.75, 3.05) is 11.9 Å². The lowest BCUT2D eigenvalue weighted by molar-refractivity contribution is -0.115. The average molecular weight is 378 g/mol. The number of anilines is 1. The number of benzene rings is 1. The van der Waals surface area contributed by atoms with Gasteiger partial charge in [-0.05, 0) is 19.1 Å². The standard InChI is InChI=1S/C15H12BrN3O4/c1-2-22-15(21)12-13(9-3-5-10(16)6-4-9)19-23-14(12)18-11(20)7-8-17/h3-6H,2,7H2,1H3,(H,18,20). The van der Waals surface area contributed by atoms with Gasteiger partial charge < -0.3 is 9.26 Å². The van der Waals surface area contributed by atoms with E-state index in [9.17, 15) is 9.59 Å². The maximum atomic E-state index is 12.2. The third-order valence-corrected chi connectivity index (χ3v) is 3.31. The van der Waals surface area contributed by atoms with Gasteiger partial charge in [0.25, 0.3) is 0 Å². The normalized spacial score (nSPS) is 9.96. The number of aromatic nitrogens is 1. The molecular weight excluding hydrogens is 366 g/mol. The molecule has 2 rings (SSSR count). The average Bonchev–Trinajstić information content (AvgIpc) is 2.92. The Bertz CT molecular complexity index is 762. The second-order valence-electron chi connectivity index (χ2n) is 4.35. The minimum atomic E-state index is -0.668. The molecular formula is C15H12BrN3O4. The van der Waals surface area contributed by atoms with E-state index in [2.05, 4.69) is 26.4 Å². The van der Waals surface area contributed by atoms with Crippen molar-refractivity contribution in [3.05, 3.63) is 34.3 Å². The second-order valence-corrected chi connectivity index (χ2v) is 5.26. The third-order valence-electron chi connectivity index (χ3n) is 2.78. The molecule has 0 aliphatic heterocycles. The zero-order chi connectivity index (χ0) is 16.8. The molecule has 23 heavy (non-hydrogen) atoms. The molecule has 0 aliphatic carbocycles. The fraction of sp³-hybridized carbons (Fsp3) is 0.200. The molecule has 8 heteroatoms. The fourth-order valence-corrected chi connectivity index (χ4v) is 2.08. The molecule has 1 aromatic carbocycles. The first kappa shape index (κ1) is 16.7. The number of rotatable bonds is 5. The fourth-order valence-electron chi connectivity index (χ4n) is 1.82. The summed E-state index contributed by atoms with van der Waals surface area (Å²) in [6.45, 7) is 1.83. The highest BCUT2D eigenvalue weighted by Gasteiger charge is 2.26. The van der Waals surface area contributed by atoms with E-state index >= 15 is 0 Å². The zero-order valence-corrected chi connectivity index (χ0v) is 13.7. The van der Waals surface area contributed by atoms with Crippen LogP contribution in [0.5, 0.6) is 0 Å². The summed E-state index contributed by atoms with van der Waals surface area (Å²) in [5.74, 6) is -1.41. The number of ether oxygens (including phenoxy) is 1. The van der Waals surface area contributed by atoms with E-state index in [1.54, 1.807) is 37.3 Å². The SMILES string of the molecule is CCOC(=O)c1c(-c2ccc(Br)cc2)noc1NC(=O)CC#N. The van der Waals surface area contributed by atoms with E-state index in [1.807, 2.05) is 0 Å². The van der Waals surface area contributed by atoms with Crippen LogP contribution in [-0.2, 0) is 9.53 Å². The van der Waals surface area contributed by atoms with Gasteiger partial charge in [-0.1, -0.05) is 33.2 Å². The summed E-state index contributed by atoms with van der Waals surface area (Å²) in [6.07, 6.45) is -0.365. The Morgan fingerprint density at radius 1 is 1.39 bits per heavy atom. The van der Waals surface area contributed by atoms with Gasteiger partial charge in [-0.25, -0.2) is 4.79 Å². The van der Waals surface area contributed by atoms with Gasteiger partial charge in [-0.15, -0.1) is 0 Å². The van der Waals surface area contributed by atoms with Crippen molar-refractivity contribution in [1.29, 1.82) is 5.26 Å². The van der Waals surface area contributed by atoms with Crippen LogP contribution in [0.4, 0.5) is 5.88 Å². The Balaban J connectivity index is 2.44. The number of esters is 1. The van der Waals surface area contributed by atoms with Crippen molar-refractivity contribution in [3.63, 3.8) is 0 Å². The monoisotopic (exact) mass is 377 g/mol. The predicted octanol–water partition coefficient (Wildman–Crippen LogP) is 3.13. The number of nitrogens with zero attached hydrogens (tertiary/aromatic N) is 2. The molecule has 0 aliphatic rings. The van der Waals surface area contributed by atoms with Crippen LogP contribution in [0.3, 0.4) is 0 Å². The van der Waals surface area contributed by atoms with Gasteiger partial charge in [0, 0.05) is 10.0 Å². The van der Waals surface area contributed by atoms with Crippen molar-refractivity contribution in [3.8, 4) is 17.3 Å². The maximum absolute atomic E-state index is 12.2. The summed E-state index contributed by atoms with van der Waals surface area (Å²) in [5, 5.41) is 14.7. The molecule has 1 heterocycles. The van der Waals surface area contributed by atoms with Crippen LogP contribution in [0, 0.1) is 11.3 Å². The predicted molar refractivity (Wildman–Crippen MR) is 84.5 cm³/mol. The van der Waals surface area contributed by atoms with Crippen molar-refractivity contribution >= 4 is 33.7 Å². The molecule has 0 saturated heterocycles. The molecule has 7 nitrogen and oxygen atoms in total. The summed E-state index contributed by atoms with van der Waals surface area (Å²) < 4.78 is 10.9. The number of halogens is 1. The van der Waals surface area contributed by atoms with E-state index < -0.39 is 11.9 Å². The van der Waals surface area contributed by atoms with Crippen LogP contribution < -0.4 is 5.32 Å². The largest absolute Gasteiger partial charge is 0.462 e. The number of carbonyl (C=O) groups is 2. The van der Waals surface area contributed by atoms with Crippen molar-refractivity contribution in [1.82, 2.24) is 5.16 Å². The molecule has 0 atom stereocenters. The Morgan fingerprint density at radius 2 is 2.09 bits per heavy atom. The minimum absolute atomic E-state index is 0.0143. The van der Waals surface area contributed by atoms with E-state index in [4.69, 9.17) is 14.5 Å². The number of hydrogen-bond donors (Lipinski definition) is 1. The highest BCUT2D eigenvalue weighted by molar-refractivity contribution is 9.10. The van der Waals surface area contributed by atoms with Gasteiger partial charge >= 0.3 is 5.97 Å². The van der Waals surface area contributed by atoms with Crippen LogP contribution in [0.25, 0.3) is 11.3 Å². The summed E-state index contributed by atoms with van der Waals surface area (Å²) >= 11 is 3.32. The van der Waals surface area contributed by atoms with Gasteiger partial charge in [0.15, 0.2) is 5.56 Å².